The number of nitrogens with two attached hydrogens (primary N) is 1. The van der Waals surface area contributed by atoms with Gasteiger partial charge in [0.05, 0.1) is 41.1 Å². The van der Waals surface area contributed by atoms with Crippen molar-refractivity contribution in [1.29, 1.82) is 0 Å². The molecule has 2 unspecified atom stereocenters. The summed E-state index contributed by atoms with van der Waals surface area (Å²) in [4.78, 5) is 33.2. The fourth-order valence-electron chi connectivity index (χ4n) is 4.73. The Balaban J connectivity index is 1.63. The molecule has 0 aliphatic heterocycles. The molecule has 42 heavy (non-hydrogen) atoms. The number of hydrogen-bond acceptors (Lipinski definition) is 6. The highest BCUT2D eigenvalue weighted by Crippen LogP contribution is 2.32. The summed E-state index contributed by atoms with van der Waals surface area (Å²) in [6.45, 7) is 13.2. The maximum atomic E-state index is 13.9. The summed E-state index contributed by atoms with van der Waals surface area (Å²) in [7, 11) is -1.27. The molecule has 9 nitrogen and oxygen atoms in total. The second kappa shape index (κ2) is 12.8. The van der Waals surface area contributed by atoms with E-state index in [1.165, 1.54) is 23.2 Å². The number of aryl methyl sites for hydroxylation is 1. The van der Waals surface area contributed by atoms with Gasteiger partial charge < -0.3 is 20.7 Å². The fourth-order valence-corrected chi connectivity index (χ4v) is 5.48. The highest BCUT2D eigenvalue weighted by Gasteiger charge is 2.32. The number of aromatic nitrogens is 3. The van der Waals surface area contributed by atoms with E-state index < -0.39 is 32.0 Å². The monoisotopic (exact) mass is 590 g/mol. The Kier molecular flexibility index (Phi) is 9.42. The Bertz CT molecular complexity index is 1500. The largest absolute Gasteiger partial charge is 0.383 e. The minimum absolute atomic E-state index is 0.159. The van der Waals surface area contributed by atoms with Crippen LogP contribution in [0.3, 0.4) is 0 Å². The molecule has 2 atom stereocenters. The zero-order chi connectivity index (χ0) is 30.6. The predicted octanol–water partition coefficient (Wildman–Crippen LogP) is 6.06. The third kappa shape index (κ3) is 7.21. The van der Waals surface area contributed by atoms with Gasteiger partial charge in [0.15, 0.2) is 0 Å². The summed E-state index contributed by atoms with van der Waals surface area (Å²) in [6, 6.07) is 13.7. The fraction of sp³-hybridized carbons (Fsp3) is 0.355. The molecule has 0 aliphatic carbocycles. The summed E-state index contributed by atoms with van der Waals surface area (Å²) in [5.41, 5.74) is 9.55. The maximum absolute atomic E-state index is 13.9. The van der Waals surface area contributed by atoms with E-state index in [1.807, 2.05) is 45.0 Å². The third-order valence-electron chi connectivity index (χ3n) is 7.34. The van der Waals surface area contributed by atoms with Gasteiger partial charge >= 0.3 is 11.8 Å². The maximum Gasteiger partial charge on any atom is 0.314 e. The molecule has 0 fully saturated rings. The van der Waals surface area contributed by atoms with Crippen LogP contribution in [0, 0.1) is 12.7 Å². The van der Waals surface area contributed by atoms with Crippen LogP contribution in [0.5, 0.6) is 0 Å². The number of carbonyl (C=O) groups is 2. The van der Waals surface area contributed by atoms with Gasteiger partial charge in [0.2, 0.25) is 0 Å². The van der Waals surface area contributed by atoms with Crippen LogP contribution in [-0.2, 0) is 21.1 Å². The van der Waals surface area contributed by atoms with Gasteiger partial charge in [-0.1, -0.05) is 61.6 Å². The first kappa shape index (κ1) is 30.9. The number of pyridine rings is 1. The smallest absolute Gasteiger partial charge is 0.314 e. The molecule has 0 aliphatic rings. The molecular formula is C31H39FN6O3Si. The van der Waals surface area contributed by atoms with Gasteiger partial charge in [0.1, 0.15) is 18.4 Å². The number of carbonyl (C=O) groups excluding carboxylic acids is 2. The van der Waals surface area contributed by atoms with Gasteiger partial charge in [-0.15, -0.1) is 0 Å². The van der Waals surface area contributed by atoms with Crippen molar-refractivity contribution in [2.45, 2.75) is 65.3 Å². The first-order chi connectivity index (χ1) is 19.9. The van der Waals surface area contributed by atoms with Gasteiger partial charge in [0, 0.05) is 14.7 Å². The molecule has 2 aromatic carbocycles. The van der Waals surface area contributed by atoms with E-state index in [0.29, 0.717) is 28.8 Å². The van der Waals surface area contributed by atoms with E-state index >= 15 is 0 Å². The van der Waals surface area contributed by atoms with E-state index in [9.17, 15) is 14.0 Å². The quantitative estimate of drug-likeness (QED) is 0.132. The molecule has 4 aromatic rings. The summed E-state index contributed by atoms with van der Waals surface area (Å²) in [6.07, 6.45) is 2.99. The molecule has 2 aromatic heterocycles. The molecule has 0 saturated carbocycles. The lowest BCUT2D eigenvalue weighted by molar-refractivity contribution is -0.146. The first-order valence-corrected chi connectivity index (χ1v) is 17.7. The Morgan fingerprint density at radius 2 is 1.62 bits per heavy atom. The first-order valence-electron chi connectivity index (χ1n) is 14.0. The van der Waals surface area contributed by atoms with Crippen molar-refractivity contribution in [3.8, 4) is 0 Å². The number of hydrogen-bond donors (Lipinski definition) is 2. The van der Waals surface area contributed by atoms with Crippen molar-refractivity contribution in [2.75, 3.05) is 17.7 Å². The highest BCUT2D eigenvalue weighted by molar-refractivity contribution is 6.76. The van der Waals surface area contributed by atoms with Crippen LogP contribution < -0.4 is 11.1 Å². The van der Waals surface area contributed by atoms with Crippen LogP contribution >= 0.6 is 0 Å². The zero-order valence-electron chi connectivity index (χ0n) is 25.0. The van der Waals surface area contributed by atoms with E-state index in [-0.39, 0.29) is 18.4 Å². The van der Waals surface area contributed by atoms with Crippen molar-refractivity contribution in [1.82, 2.24) is 19.7 Å². The predicted molar refractivity (Wildman–Crippen MR) is 166 cm³/mol. The van der Waals surface area contributed by atoms with E-state index in [4.69, 9.17) is 10.5 Å². The topological polar surface area (TPSA) is 115 Å². The second-order valence-electron chi connectivity index (χ2n) is 11.8. The molecule has 0 radical (unpaired) electrons. The molecule has 0 bridgehead atoms. The Morgan fingerprint density at radius 3 is 2.21 bits per heavy atom. The molecule has 0 saturated heterocycles. The van der Waals surface area contributed by atoms with Crippen LogP contribution in [-0.4, -0.2) is 46.2 Å². The summed E-state index contributed by atoms with van der Waals surface area (Å²) >= 11 is 0. The van der Waals surface area contributed by atoms with E-state index in [1.54, 1.807) is 23.0 Å². The molecule has 11 heteroatoms. The number of rotatable bonds is 10. The van der Waals surface area contributed by atoms with Gasteiger partial charge in [0.25, 0.3) is 0 Å². The lowest BCUT2D eigenvalue weighted by Crippen LogP contribution is -2.42. The molecule has 3 N–H and O–H groups in total. The molecule has 2 heterocycles. The molecule has 4 rings (SSSR count). The zero-order valence-corrected chi connectivity index (χ0v) is 26.0. The van der Waals surface area contributed by atoms with Crippen molar-refractivity contribution in [3.05, 3.63) is 83.4 Å². The van der Waals surface area contributed by atoms with Crippen LogP contribution in [0.2, 0.25) is 25.7 Å². The lowest BCUT2D eigenvalue weighted by Gasteiger charge is -2.35. The van der Waals surface area contributed by atoms with Gasteiger partial charge in [-0.3, -0.25) is 9.59 Å². The number of ether oxygens (including phenoxy) is 1. The SMILES string of the molecule is Cc1ccc(C(C)N(C(=O)C(=O)Nc2cnc(N)c3cnn(COCC[Si](C)(C)C)c23)C(C)c2ccc(F)cc2)cc1. The molecule has 0 spiro atoms. The van der Waals surface area contributed by atoms with Crippen molar-refractivity contribution in [2.24, 2.45) is 0 Å². The average Bonchev–Trinajstić information content (AvgIpc) is 3.38. The van der Waals surface area contributed by atoms with Crippen molar-refractivity contribution >= 4 is 42.3 Å². The summed E-state index contributed by atoms with van der Waals surface area (Å²) < 4.78 is 21.2. The van der Waals surface area contributed by atoms with Gasteiger partial charge in [-0.2, -0.15) is 5.10 Å². The molecule has 2 amide bonds. The number of anilines is 2. The second-order valence-corrected chi connectivity index (χ2v) is 17.4. The number of fused-ring (bicyclic) bond motifs is 1. The number of nitrogen functional groups attached to an aromatic ring is 1. The Labute approximate surface area is 246 Å². The van der Waals surface area contributed by atoms with Crippen LogP contribution in [0.25, 0.3) is 10.9 Å². The third-order valence-corrected chi connectivity index (χ3v) is 9.04. The number of nitrogens with one attached hydrogen (secondary N) is 1. The van der Waals surface area contributed by atoms with E-state index in [2.05, 4.69) is 35.0 Å². The minimum Gasteiger partial charge on any atom is -0.383 e. The number of benzene rings is 2. The highest BCUT2D eigenvalue weighted by atomic mass is 28.3. The lowest BCUT2D eigenvalue weighted by atomic mass is 10.00. The number of nitrogens with zero attached hydrogens (tertiary/aromatic N) is 4. The van der Waals surface area contributed by atoms with Crippen molar-refractivity contribution < 1.29 is 18.7 Å². The standard InChI is InChI=1S/C31H39FN6O3Si/c1-20-7-9-23(10-8-20)21(2)38(22(3)24-11-13-25(32)14-12-24)31(40)30(39)36-27-18-34-29(33)26-17-35-37(28(26)27)19-41-15-16-42(4,5)6/h7-14,17-18,21-22H,15-16,19H2,1-6H3,(H2,33,34)(H,36,39). The van der Waals surface area contributed by atoms with Crippen LogP contribution in [0.4, 0.5) is 15.9 Å². The van der Waals surface area contributed by atoms with E-state index in [0.717, 1.165) is 17.2 Å². The van der Waals surface area contributed by atoms with Crippen molar-refractivity contribution in [3.63, 3.8) is 0 Å². The normalized spacial score (nSPS) is 13.1. The number of halogens is 1. The van der Waals surface area contributed by atoms with Crippen LogP contribution in [0.1, 0.15) is 42.6 Å². The summed E-state index contributed by atoms with van der Waals surface area (Å²) in [5, 5.41) is 7.68. The summed E-state index contributed by atoms with van der Waals surface area (Å²) in [5.74, 6) is -1.72. The minimum atomic E-state index is -1.27. The van der Waals surface area contributed by atoms with Gasteiger partial charge in [-0.25, -0.2) is 14.1 Å². The number of amides is 2. The Morgan fingerprint density at radius 1 is 1.02 bits per heavy atom. The average molecular weight is 591 g/mol. The Hall–Kier alpha value is -4.09. The van der Waals surface area contributed by atoms with Crippen LogP contribution in [0.15, 0.2) is 60.9 Å². The van der Waals surface area contributed by atoms with Gasteiger partial charge in [-0.05, 0) is 50.1 Å². The molecular weight excluding hydrogens is 551 g/mol. The molecule has 222 valence electrons.